The van der Waals surface area contributed by atoms with Crippen LogP contribution in [-0.2, 0) is 4.79 Å². The number of amides is 1. The average Bonchev–Trinajstić information content (AvgIpc) is 2.85. The number of ether oxygens (including phenoxy) is 1. The van der Waals surface area contributed by atoms with E-state index in [2.05, 4.69) is 5.10 Å². The van der Waals surface area contributed by atoms with Gasteiger partial charge < -0.3 is 9.84 Å². The molecule has 0 saturated heterocycles. The van der Waals surface area contributed by atoms with E-state index in [1.165, 1.54) is 39.0 Å². The van der Waals surface area contributed by atoms with Crippen LogP contribution in [0.5, 0.6) is 5.75 Å². The quantitative estimate of drug-likeness (QED) is 0.806. The first-order chi connectivity index (χ1) is 11.8. The molecule has 1 aliphatic rings. The van der Waals surface area contributed by atoms with Crippen LogP contribution in [0.4, 0.5) is 13.2 Å². The van der Waals surface area contributed by atoms with Crippen molar-refractivity contribution in [2.45, 2.75) is 39.1 Å². The lowest BCUT2D eigenvalue weighted by Gasteiger charge is -2.41. The Morgan fingerprint density at radius 2 is 1.96 bits per heavy atom. The zero-order valence-electron chi connectivity index (χ0n) is 14.2. The number of aliphatic hydroxyl groups is 1. The van der Waals surface area contributed by atoms with Gasteiger partial charge in [0.25, 0.3) is 5.91 Å². The molecule has 1 N–H and O–H groups in total. The first-order valence-electron chi connectivity index (χ1n) is 7.53. The van der Waals surface area contributed by atoms with E-state index in [0.717, 1.165) is 0 Å². The molecule has 0 saturated carbocycles. The molecule has 1 heterocycles. The van der Waals surface area contributed by atoms with Gasteiger partial charge in [0.05, 0.1) is 5.02 Å². The van der Waals surface area contributed by atoms with Gasteiger partial charge in [0.1, 0.15) is 11.5 Å². The van der Waals surface area contributed by atoms with Gasteiger partial charge in [0.15, 0.2) is 12.3 Å². The molecule has 2 rings (SSSR count). The number of benzene rings is 1. The molecule has 1 atom stereocenters. The van der Waals surface area contributed by atoms with Crippen LogP contribution in [0.3, 0.4) is 0 Å². The van der Waals surface area contributed by atoms with Crippen LogP contribution in [0.1, 0.15) is 27.2 Å². The predicted molar refractivity (Wildman–Crippen MR) is 91.3 cm³/mol. The molecule has 0 bridgehead atoms. The summed E-state index contributed by atoms with van der Waals surface area (Å²) in [5, 5.41) is 15.0. The standard InChI is InChI=1S/C16H17Cl2F3N2O3/c1-14(2,3)15(25)7-12(16(19,20)21)22-23(15)13(24)8-26-11-5-4-9(17)6-10(11)18/h4-6,25H,7-8H2,1-3H3. The van der Waals surface area contributed by atoms with Gasteiger partial charge in [-0.3, -0.25) is 4.79 Å². The van der Waals surface area contributed by atoms with E-state index in [1.54, 1.807) is 0 Å². The molecule has 5 nitrogen and oxygen atoms in total. The molecule has 1 unspecified atom stereocenters. The first kappa shape index (κ1) is 20.8. The number of nitrogens with zero attached hydrogens (tertiary/aromatic N) is 2. The van der Waals surface area contributed by atoms with Gasteiger partial charge in [-0.2, -0.15) is 23.3 Å². The summed E-state index contributed by atoms with van der Waals surface area (Å²) in [5.74, 6) is -0.810. The molecule has 144 valence electrons. The fourth-order valence-electron chi connectivity index (χ4n) is 2.34. The topological polar surface area (TPSA) is 62.1 Å². The van der Waals surface area contributed by atoms with Crippen molar-refractivity contribution >= 4 is 34.8 Å². The van der Waals surface area contributed by atoms with Crippen LogP contribution in [0.2, 0.25) is 10.0 Å². The number of rotatable bonds is 3. The van der Waals surface area contributed by atoms with Gasteiger partial charge in [-0.15, -0.1) is 0 Å². The lowest BCUT2D eigenvalue weighted by Crippen LogP contribution is -2.56. The van der Waals surface area contributed by atoms with Crippen LogP contribution in [0.25, 0.3) is 0 Å². The summed E-state index contributed by atoms with van der Waals surface area (Å²) in [6, 6.07) is 4.29. The molecule has 10 heteroatoms. The summed E-state index contributed by atoms with van der Waals surface area (Å²) < 4.78 is 44.3. The normalized spacial score (nSPS) is 21.0. The Morgan fingerprint density at radius 3 is 2.46 bits per heavy atom. The van der Waals surface area contributed by atoms with Gasteiger partial charge in [-0.05, 0) is 18.2 Å². The molecule has 0 aliphatic carbocycles. The van der Waals surface area contributed by atoms with Crippen molar-refractivity contribution in [2.24, 2.45) is 10.5 Å². The fourth-order valence-corrected chi connectivity index (χ4v) is 2.80. The lowest BCUT2D eigenvalue weighted by atomic mass is 9.80. The number of carbonyl (C=O) groups is 1. The van der Waals surface area contributed by atoms with Crippen molar-refractivity contribution in [1.29, 1.82) is 0 Å². The highest BCUT2D eigenvalue weighted by Gasteiger charge is 2.57. The molecule has 1 aromatic rings. The fraction of sp³-hybridized carbons (Fsp3) is 0.500. The van der Waals surface area contributed by atoms with E-state index in [9.17, 15) is 23.1 Å². The van der Waals surface area contributed by atoms with Crippen LogP contribution < -0.4 is 4.74 Å². The van der Waals surface area contributed by atoms with Gasteiger partial charge in [0.2, 0.25) is 0 Å². The second-order valence-corrected chi connectivity index (χ2v) is 7.70. The van der Waals surface area contributed by atoms with Crippen molar-refractivity contribution in [1.82, 2.24) is 5.01 Å². The summed E-state index contributed by atoms with van der Waals surface area (Å²) in [6.07, 6.45) is -5.58. The summed E-state index contributed by atoms with van der Waals surface area (Å²) in [6.45, 7) is 3.88. The first-order valence-corrected chi connectivity index (χ1v) is 8.29. The average molecular weight is 413 g/mol. The van der Waals surface area contributed by atoms with Crippen molar-refractivity contribution in [3.63, 3.8) is 0 Å². The Balaban J connectivity index is 2.24. The summed E-state index contributed by atoms with van der Waals surface area (Å²) >= 11 is 11.7. The third-order valence-electron chi connectivity index (χ3n) is 3.99. The second-order valence-electron chi connectivity index (χ2n) is 6.86. The number of hydrogen-bond acceptors (Lipinski definition) is 4. The maximum Gasteiger partial charge on any atom is 0.431 e. The Labute approximate surface area is 158 Å². The van der Waals surface area contributed by atoms with E-state index in [4.69, 9.17) is 27.9 Å². The largest absolute Gasteiger partial charge is 0.482 e. The highest BCUT2D eigenvalue weighted by molar-refractivity contribution is 6.35. The molecule has 26 heavy (non-hydrogen) atoms. The van der Waals surface area contributed by atoms with Gasteiger partial charge >= 0.3 is 6.18 Å². The number of carbonyl (C=O) groups excluding carboxylic acids is 1. The van der Waals surface area contributed by atoms with Crippen molar-refractivity contribution in [3.05, 3.63) is 28.2 Å². The minimum atomic E-state index is -4.76. The number of alkyl halides is 3. The highest BCUT2D eigenvalue weighted by atomic mass is 35.5. The molecule has 0 spiro atoms. The molecule has 0 fully saturated rings. The van der Waals surface area contributed by atoms with E-state index >= 15 is 0 Å². The van der Waals surface area contributed by atoms with Gasteiger partial charge in [0, 0.05) is 16.9 Å². The third kappa shape index (κ3) is 4.07. The number of hydrogen-bond donors (Lipinski definition) is 1. The molecular weight excluding hydrogens is 396 g/mol. The SMILES string of the molecule is CC(C)(C)C1(O)CC(C(F)(F)F)=NN1C(=O)COc1ccc(Cl)cc1Cl. The van der Waals surface area contributed by atoms with Gasteiger partial charge in [-0.25, -0.2) is 0 Å². The van der Waals surface area contributed by atoms with Crippen molar-refractivity contribution < 1.29 is 27.8 Å². The zero-order valence-corrected chi connectivity index (χ0v) is 15.7. The minimum absolute atomic E-state index is 0.128. The summed E-state index contributed by atoms with van der Waals surface area (Å²) in [5.41, 5.74) is -4.45. The van der Waals surface area contributed by atoms with Crippen LogP contribution in [-0.4, -0.2) is 40.2 Å². The Morgan fingerprint density at radius 1 is 1.35 bits per heavy atom. The van der Waals surface area contributed by atoms with E-state index in [0.29, 0.717) is 10.0 Å². The van der Waals surface area contributed by atoms with E-state index in [-0.39, 0.29) is 10.8 Å². The van der Waals surface area contributed by atoms with Crippen LogP contribution in [0.15, 0.2) is 23.3 Å². The smallest absolute Gasteiger partial charge is 0.431 e. The van der Waals surface area contributed by atoms with E-state index in [1.807, 2.05) is 0 Å². The molecule has 0 aromatic heterocycles. The maximum atomic E-state index is 13.0. The monoisotopic (exact) mass is 412 g/mol. The van der Waals surface area contributed by atoms with Crippen molar-refractivity contribution in [2.75, 3.05) is 6.61 Å². The molecule has 1 amide bonds. The van der Waals surface area contributed by atoms with Crippen LogP contribution in [0, 0.1) is 5.41 Å². The molecule has 1 aromatic carbocycles. The molecular formula is C16H17Cl2F3N2O3. The third-order valence-corrected chi connectivity index (χ3v) is 4.53. The molecule has 1 aliphatic heterocycles. The summed E-state index contributed by atoms with van der Waals surface area (Å²) in [4.78, 5) is 12.4. The van der Waals surface area contributed by atoms with Crippen molar-refractivity contribution in [3.8, 4) is 5.75 Å². The maximum absolute atomic E-state index is 13.0. The predicted octanol–water partition coefficient (Wildman–Crippen LogP) is 4.26. The number of halogens is 5. The Bertz CT molecular complexity index is 747. The Hall–Kier alpha value is -1.51. The Kier molecular flexibility index (Phi) is 5.52. The second kappa shape index (κ2) is 6.90. The zero-order chi connectivity index (χ0) is 19.9. The lowest BCUT2D eigenvalue weighted by molar-refractivity contribution is -0.183. The van der Waals surface area contributed by atoms with Gasteiger partial charge in [-0.1, -0.05) is 44.0 Å². The number of hydrazone groups is 1. The minimum Gasteiger partial charge on any atom is -0.482 e. The highest BCUT2D eigenvalue weighted by Crippen LogP contribution is 2.43. The molecule has 0 radical (unpaired) electrons. The van der Waals surface area contributed by atoms with E-state index < -0.39 is 42.0 Å². The van der Waals surface area contributed by atoms with Crippen LogP contribution >= 0.6 is 23.2 Å². The summed E-state index contributed by atoms with van der Waals surface area (Å²) in [7, 11) is 0.